The zero-order chi connectivity index (χ0) is 20.3. The van der Waals surface area contributed by atoms with E-state index in [0.29, 0.717) is 11.5 Å². The molecule has 0 atom stereocenters. The zero-order valence-electron chi connectivity index (χ0n) is 16.1. The minimum atomic E-state index is -1.25. The van der Waals surface area contributed by atoms with E-state index in [0.717, 1.165) is 37.8 Å². The maximum atomic E-state index is 14.8. The Labute approximate surface area is 163 Å². The van der Waals surface area contributed by atoms with Crippen molar-refractivity contribution in [3.8, 4) is 16.9 Å². The Morgan fingerprint density at radius 3 is 2.29 bits per heavy atom. The molecule has 0 spiro atoms. The van der Waals surface area contributed by atoms with Gasteiger partial charge in [0.05, 0.1) is 6.61 Å². The van der Waals surface area contributed by atoms with E-state index >= 15 is 0 Å². The van der Waals surface area contributed by atoms with Crippen LogP contribution in [0.5, 0.6) is 5.75 Å². The quantitative estimate of drug-likeness (QED) is 0.387. The van der Waals surface area contributed by atoms with E-state index < -0.39 is 23.3 Å². The molecule has 28 heavy (non-hydrogen) atoms. The smallest absolute Gasteiger partial charge is 0.201 e. The Balaban J connectivity index is 1.90. The van der Waals surface area contributed by atoms with Gasteiger partial charge in [0.1, 0.15) is 11.6 Å². The monoisotopic (exact) mass is 392 g/mol. The Hall–Kier alpha value is -2.30. The van der Waals surface area contributed by atoms with E-state index in [2.05, 4.69) is 6.08 Å². The van der Waals surface area contributed by atoms with Crippen LogP contribution in [0.25, 0.3) is 11.1 Å². The van der Waals surface area contributed by atoms with Crippen LogP contribution in [-0.4, -0.2) is 6.61 Å². The number of hydrogen-bond donors (Lipinski definition) is 0. The largest absolute Gasteiger partial charge is 0.491 e. The molecule has 150 valence electrons. The van der Waals surface area contributed by atoms with Gasteiger partial charge in [-0.2, -0.15) is 4.39 Å². The molecule has 0 saturated heterocycles. The second-order valence-electron chi connectivity index (χ2n) is 7.16. The molecule has 0 amide bonds. The summed E-state index contributed by atoms with van der Waals surface area (Å²) < 4.78 is 63.0. The van der Waals surface area contributed by atoms with Crippen LogP contribution in [0.15, 0.2) is 36.4 Å². The maximum Gasteiger partial charge on any atom is 0.201 e. The fraction of sp³-hybridized carbons (Fsp3) is 0.391. The Morgan fingerprint density at radius 2 is 1.64 bits per heavy atom. The van der Waals surface area contributed by atoms with Gasteiger partial charge in [0.2, 0.25) is 5.82 Å². The van der Waals surface area contributed by atoms with Crippen molar-refractivity contribution >= 4 is 0 Å². The number of rotatable bonds is 5. The molecule has 0 aromatic heterocycles. The van der Waals surface area contributed by atoms with Crippen molar-refractivity contribution in [1.29, 1.82) is 0 Å². The van der Waals surface area contributed by atoms with Gasteiger partial charge in [-0.05, 0) is 81.2 Å². The molecule has 1 saturated carbocycles. The SMILES string of the molecule is C/C=C/C1CCC(c2cc(F)c(-c3ccc(OCC)c(F)c3F)cc2F)CC1. The van der Waals surface area contributed by atoms with Crippen molar-refractivity contribution in [3.63, 3.8) is 0 Å². The van der Waals surface area contributed by atoms with Gasteiger partial charge in [0.25, 0.3) is 0 Å². The van der Waals surface area contributed by atoms with E-state index in [9.17, 15) is 17.6 Å². The second-order valence-corrected chi connectivity index (χ2v) is 7.16. The molecule has 0 bridgehead atoms. The number of allylic oxidation sites excluding steroid dienone is 2. The van der Waals surface area contributed by atoms with Crippen molar-refractivity contribution in [2.75, 3.05) is 6.61 Å². The van der Waals surface area contributed by atoms with Crippen LogP contribution in [0, 0.1) is 29.2 Å². The first-order chi connectivity index (χ1) is 13.5. The summed E-state index contributed by atoms with van der Waals surface area (Å²) in [6.07, 6.45) is 7.57. The van der Waals surface area contributed by atoms with E-state index in [1.54, 1.807) is 6.92 Å². The van der Waals surface area contributed by atoms with E-state index in [1.165, 1.54) is 12.1 Å². The van der Waals surface area contributed by atoms with Crippen molar-refractivity contribution in [2.45, 2.75) is 45.4 Å². The molecule has 5 heteroatoms. The molecule has 0 N–H and O–H groups in total. The average Bonchev–Trinajstić information content (AvgIpc) is 2.69. The standard InChI is InChI=1S/C23H24F4O/c1-3-5-14-6-8-15(9-7-14)17-12-20(25)18(13-19(17)24)16-10-11-21(28-4-2)23(27)22(16)26/h3,5,10-15H,4,6-9H2,1-2H3/b5-3+. The first-order valence-electron chi connectivity index (χ1n) is 9.69. The van der Waals surface area contributed by atoms with Gasteiger partial charge in [-0.3, -0.25) is 0 Å². The summed E-state index contributed by atoms with van der Waals surface area (Å²) in [4.78, 5) is 0. The molecular weight excluding hydrogens is 368 g/mol. The highest BCUT2D eigenvalue weighted by atomic mass is 19.2. The summed E-state index contributed by atoms with van der Waals surface area (Å²) in [5.41, 5.74) is -0.295. The lowest BCUT2D eigenvalue weighted by Crippen LogP contribution is -2.13. The minimum absolute atomic E-state index is 0.0630. The average molecular weight is 392 g/mol. The summed E-state index contributed by atoms with van der Waals surface area (Å²) >= 11 is 0. The zero-order valence-corrected chi connectivity index (χ0v) is 16.1. The first-order valence-corrected chi connectivity index (χ1v) is 9.69. The van der Waals surface area contributed by atoms with Crippen LogP contribution in [0.2, 0.25) is 0 Å². The van der Waals surface area contributed by atoms with Gasteiger partial charge in [-0.15, -0.1) is 0 Å². The molecule has 0 unspecified atom stereocenters. The third-order valence-electron chi connectivity index (χ3n) is 5.40. The van der Waals surface area contributed by atoms with E-state index in [4.69, 9.17) is 4.74 Å². The van der Waals surface area contributed by atoms with Crippen LogP contribution >= 0.6 is 0 Å². The molecule has 1 aliphatic carbocycles. The Bertz CT molecular complexity index is 867. The normalized spacial score (nSPS) is 19.9. The van der Waals surface area contributed by atoms with Crippen LogP contribution < -0.4 is 4.74 Å². The summed E-state index contributed by atoms with van der Waals surface area (Å²) in [5.74, 6) is -3.62. The van der Waals surface area contributed by atoms with E-state index in [-0.39, 0.29) is 29.4 Å². The van der Waals surface area contributed by atoms with Crippen LogP contribution in [0.3, 0.4) is 0 Å². The fourth-order valence-corrected chi connectivity index (χ4v) is 3.98. The molecule has 0 radical (unpaired) electrons. The minimum Gasteiger partial charge on any atom is -0.491 e. The number of hydrogen-bond acceptors (Lipinski definition) is 1. The summed E-state index contributed by atoms with van der Waals surface area (Å²) in [6.45, 7) is 3.79. The maximum absolute atomic E-state index is 14.8. The lowest BCUT2D eigenvalue weighted by Gasteiger charge is -2.27. The first kappa shape index (κ1) is 20.4. The summed E-state index contributed by atoms with van der Waals surface area (Å²) in [7, 11) is 0. The molecule has 0 aliphatic heterocycles. The van der Waals surface area contributed by atoms with Gasteiger partial charge in [0.15, 0.2) is 11.6 Å². The van der Waals surface area contributed by atoms with Gasteiger partial charge in [0, 0.05) is 11.1 Å². The summed E-state index contributed by atoms with van der Waals surface area (Å²) in [6, 6.07) is 4.55. The van der Waals surface area contributed by atoms with Crippen molar-refractivity contribution < 1.29 is 22.3 Å². The number of ether oxygens (including phenoxy) is 1. The summed E-state index contributed by atoms with van der Waals surface area (Å²) in [5, 5.41) is 0. The fourth-order valence-electron chi connectivity index (χ4n) is 3.98. The molecule has 1 aliphatic rings. The van der Waals surface area contributed by atoms with Crippen molar-refractivity contribution in [3.05, 3.63) is 65.2 Å². The van der Waals surface area contributed by atoms with Crippen LogP contribution in [0.1, 0.15) is 51.0 Å². The molecule has 2 aromatic rings. The number of halogens is 4. The van der Waals surface area contributed by atoms with Crippen molar-refractivity contribution in [2.24, 2.45) is 5.92 Å². The highest BCUT2D eigenvalue weighted by molar-refractivity contribution is 5.66. The molecule has 2 aromatic carbocycles. The van der Waals surface area contributed by atoms with Crippen molar-refractivity contribution in [1.82, 2.24) is 0 Å². The van der Waals surface area contributed by atoms with Gasteiger partial charge < -0.3 is 4.74 Å². The third kappa shape index (κ3) is 4.08. The highest BCUT2D eigenvalue weighted by Crippen LogP contribution is 2.40. The third-order valence-corrected chi connectivity index (χ3v) is 5.40. The predicted molar refractivity (Wildman–Crippen MR) is 102 cm³/mol. The van der Waals surface area contributed by atoms with Crippen LogP contribution in [0.4, 0.5) is 17.6 Å². The molecule has 3 rings (SSSR count). The van der Waals surface area contributed by atoms with E-state index in [1.807, 2.05) is 13.0 Å². The molecule has 0 heterocycles. The molecule has 1 fully saturated rings. The lowest BCUT2D eigenvalue weighted by atomic mass is 9.78. The lowest BCUT2D eigenvalue weighted by molar-refractivity contribution is 0.314. The topological polar surface area (TPSA) is 9.23 Å². The second kappa shape index (κ2) is 8.80. The Morgan fingerprint density at radius 1 is 0.929 bits per heavy atom. The van der Waals surface area contributed by atoms with Gasteiger partial charge in [-0.25, -0.2) is 13.2 Å². The molecular formula is C23H24F4O. The number of benzene rings is 2. The molecule has 1 nitrogen and oxygen atoms in total. The van der Waals surface area contributed by atoms with Gasteiger partial charge in [-0.1, -0.05) is 12.2 Å². The van der Waals surface area contributed by atoms with Gasteiger partial charge >= 0.3 is 0 Å². The highest BCUT2D eigenvalue weighted by Gasteiger charge is 2.26. The predicted octanol–water partition coefficient (Wildman–Crippen LogP) is 7.16. The van der Waals surface area contributed by atoms with Crippen LogP contribution in [-0.2, 0) is 0 Å². The Kier molecular flexibility index (Phi) is 6.42.